The fourth-order valence-electron chi connectivity index (χ4n) is 0.536. The first kappa shape index (κ1) is 9.30. The Kier molecular flexibility index (Phi) is 3.88. The van der Waals surface area contributed by atoms with E-state index in [0.29, 0.717) is 0 Å². The molecule has 0 amide bonds. The second kappa shape index (κ2) is 4.17. The van der Waals surface area contributed by atoms with Crippen molar-refractivity contribution in [3.63, 3.8) is 0 Å². The number of imidazole rings is 1. The van der Waals surface area contributed by atoms with Crippen molar-refractivity contribution in [3.05, 3.63) is 18.7 Å². The molecule has 1 aromatic heterocycles. The summed E-state index contributed by atoms with van der Waals surface area (Å²) in [6.45, 7) is -0.0139. The molecular weight excluding hydrogens is 185 g/mol. The number of carbonyl (C=O) groups is 1. The summed E-state index contributed by atoms with van der Waals surface area (Å²) < 4.78 is 1.49. The summed E-state index contributed by atoms with van der Waals surface area (Å²) in [6.07, 6.45) is 4.62. The summed E-state index contributed by atoms with van der Waals surface area (Å²) in [5, 5.41) is 8.24. The van der Waals surface area contributed by atoms with Gasteiger partial charge in [0.25, 0.3) is 0 Å². The fourth-order valence-corrected chi connectivity index (χ4v) is 0.536. The Morgan fingerprint density at radius 1 is 1.70 bits per heavy atom. The Bertz CT molecular complexity index is 197. The quantitative estimate of drug-likeness (QED) is 0.668. The minimum Gasteiger partial charge on any atom is -0.480 e. The van der Waals surface area contributed by atoms with E-state index in [1.165, 1.54) is 10.9 Å². The molecule has 0 aliphatic rings. The van der Waals surface area contributed by atoms with Crippen LogP contribution < -0.4 is 0 Å². The van der Waals surface area contributed by atoms with Crippen LogP contribution in [-0.2, 0) is 30.8 Å². The summed E-state index contributed by atoms with van der Waals surface area (Å²) in [7, 11) is 0. The van der Waals surface area contributed by atoms with Gasteiger partial charge in [0.1, 0.15) is 6.54 Å². The van der Waals surface area contributed by atoms with E-state index in [4.69, 9.17) is 5.11 Å². The number of aromatic nitrogens is 2. The van der Waals surface area contributed by atoms with Gasteiger partial charge in [0.2, 0.25) is 0 Å². The molecule has 10 heavy (non-hydrogen) atoms. The molecule has 0 aliphatic carbocycles. The Hall–Kier alpha value is -0.697. The van der Waals surface area contributed by atoms with E-state index in [9.17, 15) is 4.79 Å². The van der Waals surface area contributed by atoms with E-state index in [2.05, 4.69) is 4.98 Å². The zero-order valence-corrected chi connectivity index (χ0v) is 8.36. The molecule has 0 fully saturated rings. The zero-order valence-electron chi connectivity index (χ0n) is 5.40. The standard InChI is InChI=1S/C5H6N2O2.Zn/c8-5(9)3-7-2-1-6-4-7;/h1-2,4H,3H2,(H,8,9);. The average molecular weight is 192 g/mol. The Balaban J connectivity index is 0.000000810. The first-order chi connectivity index (χ1) is 4.29. The first-order valence-corrected chi connectivity index (χ1v) is 2.46. The van der Waals surface area contributed by atoms with Gasteiger partial charge in [0.15, 0.2) is 0 Å². The molecule has 0 aliphatic heterocycles. The monoisotopic (exact) mass is 190 g/mol. The molecule has 5 heteroatoms. The Morgan fingerprint density at radius 3 is 2.80 bits per heavy atom. The van der Waals surface area contributed by atoms with Gasteiger partial charge < -0.3 is 9.67 Å². The van der Waals surface area contributed by atoms with Crippen LogP contribution in [0.4, 0.5) is 0 Å². The minimum atomic E-state index is -0.854. The molecule has 0 unspecified atom stereocenters. The maximum absolute atomic E-state index is 10.0. The number of hydrogen-bond acceptors (Lipinski definition) is 2. The van der Waals surface area contributed by atoms with Crippen LogP contribution in [0.25, 0.3) is 0 Å². The van der Waals surface area contributed by atoms with Crippen LogP contribution in [0.3, 0.4) is 0 Å². The molecule has 4 nitrogen and oxygen atoms in total. The minimum absolute atomic E-state index is 0. The summed E-state index contributed by atoms with van der Waals surface area (Å²) in [6, 6.07) is 0. The van der Waals surface area contributed by atoms with Crippen LogP contribution in [0.1, 0.15) is 0 Å². The second-order valence-electron chi connectivity index (χ2n) is 1.63. The molecule has 0 aromatic carbocycles. The van der Waals surface area contributed by atoms with E-state index in [1.807, 2.05) is 0 Å². The number of aliphatic carboxylic acids is 1. The normalized spacial score (nSPS) is 8.40. The number of rotatable bonds is 2. The van der Waals surface area contributed by atoms with Gasteiger partial charge in [0.05, 0.1) is 6.33 Å². The molecule has 1 heterocycles. The van der Waals surface area contributed by atoms with Gasteiger partial charge in [-0.15, -0.1) is 0 Å². The number of hydrogen-bond donors (Lipinski definition) is 1. The van der Waals surface area contributed by atoms with Crippen molar-refractivity contribution in [2.75, 3.05) is 0 Å². The molecule has 0 saturated heterocycles. The van der Waals surface area contributed by atoms with Gasteiger partial charge in [-0.3, -0.25) is 4.79 Å². The zero-order chi connectivity index (χ0) is 6.69. The number of nitrogens with zero attached hydrogens (tertiary/aromatic N) is 2. The predicted octanol–water partition coefficient (Wildman–Crippen LogP) is -0.0348. The number of carboxylic acids is 1. The fraction of sp³-hybridized carbons (Fsp3) is 0.200. The largest absolute Gasteiger partial charge is 0.480 e. The van der Waals surface area contributed by atoms with Crippen molar-refractivity contribution in [3.8, 4) is 0 Å². The summed E-state index contributed by atoms with van der Waals surface area (Å²) in [4.78, 5) is 13.7. The van der Waals surface area contributed by atoms with Gasteiger partial charge in [-0.2, -0.15) is 0 Å². The van der Waals surface area contributed by atoms with Crippen molar-refractivity contribution >= 4 is 5.97 Å². The van der Waals surface area contributed by atoms with Gasteiger partial charge >= 0.3 is 5.97 Å². The topological polar surface area (TPSA) is 55.1 Å². The van der Waals surface area contributed by atoms with Crippen molar-refractivity contribution in [2.24, 2.45) is 0 Å². The molecule has 0 bridgehead atoms. The predicted molar refractivity (Wildman–Crippen MR) is 29.9 cm³/mol. The van der Waals surface area contributed by atoms with Gasteiger partial charge in [0, 0.05) is 31.9 Å². The third-order valence-corrected chi connectivity index (χ3v) is 0.877. The molecule has 0 radical (unpaired) electrons. The van der Waals surface area contributed by atoms with E-state index in [0.717, 1.165) is 0 Å². The summed E-state index contributed by atoms with van der Waals surface area (Å²) in [5.74, 6) is -0.854. The third kappa shape index (κ3) is 2.73. The van der Waals surface area contributed by atoms with Crippen molar-refractivity contribution in [1.29, 1.82) is 0 Å². The smallest absolute Gasteiger partial charge is 0.323 e. The van der Waals surface area contributed by atoms with Crippen LogP contribution in [0.15, 0.2) is 18.7 Å². The second-order valence-corrected chi connectivity index (χ2v) is 1.63. The van der Waals surface area contributed by atoms with Crippen molar-refractivity contribution in [1.82, 2.24) is 9.55 Å². The van der Waals surface area contributed by atoms with E-state index in [-0.39, 0.29) is 26.0 Å². The summed E-state index contributed by atoms with van der Waals surface area (Å²) in [5.41, 5.74) is 0. The Labute approximate surface area is 70.6 Å². The number of carboxylic acid groups (broad SMARTS) is 1. The molecule has 0 spiro atoms. The molecule has 1 rings (SSSR count). The third-order valence-electron chi connectivity index (χ3n) is 0.877. The maximum Gasteiger partial charge on any atom is 0.323 e. The molecule has 0 atom stereocenters. The molecule has 1 aromatic rings. The maximum atomic E-state index is 10.0. The van der Waals surface area contributed by atoms with Crippen LogP contribution >= 0.6 is 0 Å². The molecule has 1 N–H and O–H groups in total. The van der Waals surface area contributed by atoms with Gasteiger partial charge in [-0.25, -0.2) is 4.98 Å². The van der Waals surface area contributed by atoms with Crippen LogP contribution in [0.5, 0.6) is 0 Å². The van der Waals surface area contributed by atoms with Crippen LogP contribution in [0, 0.1) is 0 Å². The van der Waals surface area contributed by atoms with E-state index in [1.54, 1.807) is 12.4 Å². The van der Waals surface area contributed by atoms with Crippen molar-refractivity contribution < 1.29 is 29.4 Å². The van der Waals surface area contributed by atoms with Crippen molar-refractivity contribution in [2.45, 2.75) is 6.54 Å². The van der Waals surface area contributed by atoms with E-state index >= 15 is 0 Å². The molecule has 50 valence electrons. The van der Waals surface area contributed by atoms with Crippen LogP contribution in [-0.4, -0.2) is 20.6 Å². The summed E-state index contributed by atoms with van der Waals surface area (Å²) >= 11 is 0. The molecule has 0 saturated carbocycles. The van der Waals surface area contributed by atoms with Gasteiger partial charge in [-0.1, -0.05) is 0 Å². The first-order valence-electron chi connectivity index (χ1n) is 2.46. The van der Waals surface area contributed by atoms with Crippen LogP contribution in [0.2, 0.25) is 0 Å². The van der Waals surface area contributed by atoms with E-state index < -0.39 is 5.97 Å². The average Bonchev–Trinajstić information content (AvgIpc) is 2.15. The van der Waals surface area contributed by atoms with Gasteiger partial charge in [-0.05, 0) is 0 Å². The SMILES string of the molecule is O=C(O)Cn1ccnc1.[Zn]. The molecular formula is C5H6N2O2Zn. The Morgan fingerprint density at radius 2 is 2.40 bits per heavy atom.